The smallest absolute Gasteiger partial charge is 0.219 e. The van der Waals surface area contributed by atoms with Crippen LogP contribution in [0, 0.1) is 17.8 Å². The minimum atomic E-state index is 0.152. The van der Waals surface area contributed by atoms with E-state index in [0.717, 1.165) is 32.4 Å². The molecule has 0 unspecified atom stereocenters. The monoisotopic (exact) mass is 209 g/mol. The van der Waals surface area contributed by atoms with Gasteiger partial charge in [-0.15, -0.1) is 0 Å². The van der Waals surface area contributed by atoms with Crippen molar-refractivity contribution in [1.82, 2.24) is 4.90 Å². The minimum absolute atomic E-state index is 0.152. The van der Waals surface area contributed by atoms with Crippen LogP contribution in [0.15, 0.2) is 0 Å². The molecule has 1 aliphatic carbocycles. The van der Waals surface area contributed by atoms with Crippen LogP contribution < -0.4 is 0 Å². The van der Waals surface area contributed by atoms with E-state index in [4.69, 9.17) is 0 Å². The zero-order valence-corrected chi connectivity index (χ0v) is 9.53. The van der Waals surface area contributed by atoms with Gasteiger partial charge in [0.15, 0.2) is 0 Å². The number of hydrogen-bond donors (Lipinski definition) is 0. The molecule has 2 rings (SSSR count). The number of fused-ring (bicyclic) bond motifs is 1. The van der Waals surface area contributed by atoms with Crippen LogP contribution in [0.2, 0.25) is 0 Å². The summed E-state index contributed by atoms with van der Waals surface area (Å²) in [6.45, 7) is 5.34. The lowest BCUT2D eigenvalue weighted by Gasteiger charge is -2.43. The van der Waals surface area contributed by atoms with Gasteiger partial charge in [0.1, 0.15) is 5.78 Å². The van der Waals surface area contributed by atoms with Gasteiger partial charge in [0.25, 0.3) is 0 Å². The Morgan fingerprint density at radius 3 is 2.80 bits per heavy atom. The predicted molar refractivity (Wildman–Crippen MR) is 57.3 cm³/mol. The zero-order valence-electron chi connectivity index (χ0n) is 9.53. The quantitative estimate of drug-likeness (QED) is 0.606. The molecule has 3 atom stereocenters. The van der Waals surface area contributed by atoms with E-state index in [1.54, 1.807) is 6.92 Å². The van der Waals surface area contributed by atoms with E-state index in [0.29, 0.717) is 17.6 Å². The molecule has 15 heavy (non-hydrogen) atoms. The second-order valence-electron chi connectivity index (χ2n) is 4.97. The molecule has 2 fully saturated rings. The predicted octanol–water partition coefficient (Wildman–Crippen LogP) is 1.47. The Balaban J connectivity index is 2.08. The first-order valence-electron chi connectivity index (χ1n) is 5.88. The van der Waals surface area contributed by atoms with E-state index in [-0.39, 0.29) is 11.8 Å². The number of rotatable bonds is 0. The Bertz CT molecular complexity index is 287. The van der Waals surface area contributed by atoms with Gasteiger partial charge in [-0.1, -0.05) is 6.92 Å². The Labute approximate surface area is 90.8 Å². The fourth-order valence-electron chi connectivity index (χ4n) is 3.04. The average molecular weight is 209 g/mol. The standard InChI is InChI=1S/C12H19NO2/c1-8-11-7-13(9(2)14)6-5-10(11)3-4-12(8)15/h8,10-11H,3-7H2,1-2H3/t8-,10-,11+/m0/s1. The second kappa shape index (κ2) is 3.95. The summed E-state index contributed by atoms with van der Waals surface area (Å²) >= 11 is 0. The highest BCUT2D eigenvalue weighted by molar-refractivity contribution is 5.82. The Hall–Kier alpha value is -0.860. The van der Waals surface area contributed by atoms with E-state index >= 15 is 0 Å². The van der Waals surface area contributed by atoms with Crippen molar-refractivity contribution >= 4 is 11.7 Å². The Morgan fingerprint density at radius 1 is 1.40 bits per heavy atom. The number of ketones is 1. The number of carbonyl (C=O) groups excluding carboxylic acids is 2. The molecule has 1 heterocycles. The van der Waals surface area contributed by atoms with Gasteiger partial charge in [0.05, 0.1) is 0 Å². The highest BCUT2D eigenvalue weighted by Gasteiger charge is 2.39. The number of amides is 1. The summed E-state index contributed by atoms with van der Waals surface area (Å²) in [5.41, 5.74) is 0. The van der Waals surface area contributed by atoms with Crippen LogP contribution >= 0.6 is 0 Å². The molecule has 84 valence electrons. The largest absolute Gasteiger partial charge is 0.343 e. The highest BCUT2D eigenvalue weighted by atomic mass is 16.2. The van der Waals surface area contributed by atoms with E-state index in [1.807, 2.05) is 11.8 Å². The summed E-state index contributed by atoms with van der Waals surface area (Å²) < 4.78 is 0. The van der Waals surface area contributed by atoms with Crippen molar-refractivity contribution in [1.29, 1.82) is 0 Å². The fourth-order valence-corrected chi connectivity index (χ4v) is 3.04. The van der Waals surface area contributed by atoms with Crippen molar-refractivity contribution in [3.05, 3.63) is 0 Å². The van der Waals surface area contributed by atoms with Crippen molar-refractivity contribution in [3.63, 3.8) is 0 Å². The molecule has 2 aliphatic rings. The molecule has 1 saturated carbocycles. The molecule has 0 bridgehead atoms. The minimum Gasteiger partial charge on any atom is -0.343 e. The summed E-state index contributed by atoms with van der Waals surface area (Å²) in [6.07, 6.45) is 2.88. The van der Waals surface area contributed by atoms with Gasteiger partial charge in [0, 0.05) is 32.4 Å². The summed E-state index contributed by atoms with van der Waals surface area (Å²) in [6, 6.07) is 0. The molecule has 3 nitrogen and oxygen atoms in total. The van der Waals surface area contributed by atoms with Gasteiger partial charge < -0.3 is 4.90 Å². The summed E-state index contributed by atoms with van der Waals surface area (Å²) in [4.78, 5) is 24.8. The number of hydrogen-bond acceptors (Lipinski definition) is 2. The molecular formula is C12H19NO2. The van der Waals surface area contributed by atoms with E-state index in [1.165, 1.54) is 0 Å². The van der Waals surface area contributed by atoms with Crippen LogP contribution in [-0.4, -0.2) is 29.7 Å². The van der Waals surface area contributed by atoms with Crippen molar-refractivity contribution < 1.29 is 9.59 Å². The molecule has 1 aliphatic heterocycles. The molecule has 0 N–H and O–H groups in total. The van der Waals surface area contributed by atoms with Gasteiger partial charge >= 0.3 is 0 Å². The maximum Gasteiger partial charge on any atom is 0.219 e. The van der Waals surface area contributed by atoms with Crippen LogP contribution in [0.5, 0.6) is 0 Å². The second-order valence-corrected chi connectivity index (χ2v) is 4.97. The van der Waals surface area contributed by atoms with Crippen LogP contribution in [0.25, 0.3) is 0 Å². The third-order valence-corrected chi connectivity index (χ3v) is 4.16. The van der Waals surface area contributed by atoms with Crippen LogP contribution in [0.4, 0.5) is 0 Å². The molecule has 1 saturated heterocycles. The first-order chi connectivity index (χ1) is 7.09. The maximum absolute atomic E-state index is 11.6. The topological polar surface area (TPSA) is 37.4 Å². The Morgan fingerprint density at radius 2 is 2.13 bits per heavy atom. The van der Waals surface area contributed by atoms with E-state index in [2.05, 4.69) is 0 Å². The van der Waals surface area contributed by atoms with Crippen molar-refractivity contribution in [3.8, 4) is 0 Å². The van der Waals surface area contributed by atoms with Crippen molar-refractivity contribution in [2.45, 2.75) is 33.1 Å². The molecule has 0 aromatic carbocycles. The van der Waals surface area contributed by atoms with Crippen molar-refractivity contribution in [2.24, 2.45) is 17.8 Å². The Kier molecular flexibility index (Phi) is 2.81. The average Bonchev–Trinajstić information content (AvgIpc) is 2.23. The third-order valence-electron chi connectivity index (χ3n) is 4.16. The normalized spacial score (nSPS) is 36.3. The van der Waals surface area contributed by atoms with Crippen LogP contribution in [-0.2, 0) is 9.59 Å². The van der Waals surface area contributed by atoms with Gasteiger partial charge in [-0.3, -0.25) is 9.59 Å². The van der Waals surface area contributed by atoms with Gasteiger partial charge in [-0.05, 0) is 24.7 Å². The number of carbonyl (C=O) groups is 2. The zero-order chi connectivity index (χ0) is 11.0. The van der Waals surface area contributed by atoms with Gasteiger partial charge in [-0.2, -0.15) is 0 Å². The molecule has 1 amide bonds. The lowest BCUT2D eigenvalue weighted by Crippen LogP contribution is -2.48. The maximum atomic E-state index is 11.6. The molecule has 0 aromatic rings. The highest BCUT2D eigenvalue weighted by Crippen LogP contribution is 2.38. The molecular weight excluding hydrogens is 190 g/mol. The number of nitrogens with zero attached hydrogens (tertiary/aromatic N) is 1. The first kappa shape index (κ1) is 10.7. The number of likely N-dealkylation sites (tertiary alicyclic amines) is 1. The number of Topliss-reactive ketones (excluding diaryl/α,β-unsaturated/α-hetero) is 1. The van der Waals surface area contributed by atoms with Crippen LogP contribution in [0.3, 0.4) is 0 Å². The molecule has 0 radical (unpaired) electrons. The molecule has 0 aromatic heterocycles. The summed E-state index contributed by atoms with van der Waals surface area (Å²) in [5, 5.41) is 0. The molecule has 0 spiro atoms. The van der Waals surface area contributed by atoms with Crippen molar-refractivity contribution in [2.75, 3.05) is 13.1 Å². The van der Waals surface area contributed by atoms with Crippen LogP contribution in [0.1, 0.15) is 33.1 Å². The number of piperidine rings is 1. The lowest BCUT2D eigenvalue weighted by molar-refractivity contribution is -0.137. The third kappa shape index (κ3) is 1.92. The SMILES string of the molecule is CC(=O)N1CC[C@@H]2CCC(=O)[C@@H](C)[C@H]2C1. The molecule has 3 heteroatoms. The van der Waals surface area contributed by atoms with Gasteiger partial charge in [-0.25, -0.2) is 0 Å². The lowest BCUT2D eigenvalue weighted by atomic mass is 9.69. The van der Waals surface area contributed by atoms with E-state index < -0.39 is 0 Å². The first-order valence-corrected chi connectivity index (χ1v) is 5.88. The fraction of sp³-hybridized carbons (Fsp3) is 0.833. The van der Waals surface area contributed by atoms with Gasteiger partial charge in [0.2, 0.25) is 5.91 Å². The van der Waals surface area contributed by atoms with E-state index in [9.17, 15) is 9.59 Å². The summed E-state index contributed by atoms with van der Waals surface area (Å²) in [5.74, 6) is 1.79. The summed E-state index contributed by atoms with van der Waals surface area (Å²) in [7, 11) is 0.